The van der Waals surface area contributed by atoms with Gasteiger partial charge in [0.1, 0.15) is 0 Å². The molecule has 0 bridgehead atoms. The summed E-state index contributed by atoms with van der Waals surface area (Å²) in [7, 11) is -0.155. The minimum absolute atomic E-state index is 0.0606. The molecule has 6 nitrogen and oxygen atoms in total. The van der Waals surface area contributed by atoms with Crippen LogP contribution in [-0.2, 0) is 14.0 Å². The van der Waals surface area contributed by atoms with Gasteiger partial charge in [-0.15, -0.1) is 0 Å². The third-order valence-electron chi connectivity index (χ3n) is 7.50. The average Bonchev–Trinajstić information content (AvgIpc) is 3.16. The molecule has 0 atom stereocenters. The van der Waals surface area contributed by atoms with E-state index >= 15 is 0 Å². The van der Waals surface area contributed by atoms with Crippen LogP contribution in [0.4, 0.5) is 4.79 Å². The molecule has 4 rings (SSSR count). The zero-order valence-corrected chi connectivity index (χ0v) is 17.5. The fourth-order valence-corrected chi connectivity index (χ4v) is 4.97. The molecular weight excluding hydrogens is 343 g/mol. The molecule has 3 saturated heterocycles. The summed E-state index contributed by atoms with van der Waals surface area (Å²) in [6.45, 7) is 12.1. The van der Waals surface area contributed by atoms with Gasteiger partial charge in [-0.05, 0) is 59.2 Å². The Hall–Kier alpha value is -0.785. The van der Waals surface area contributed by atoms with E-state index in [9.17, 15) is 4.79 Å². The molecule has 1 aliphatic carbocycles. The van der Waals surface area contributed by atoms with Crippen LogP contribution in [0.5, 0.6) is 0 Å². The fraction of sp³-hybridized carbons (Fsp3) is 0.950. The highest BCUT2D eigenvalue weighted by molar-refractivity contribution is 6.47. The van der Waals surface area contributed by atoms with E-state index < -0.39 is 0 Å². The minimum atomic E-state index is -0.284. The Morgan fingerprint density at radius 2 is 1.52 bits per heavy atom. The van der Waals surface area contributed by atoms with Gasteiger partial charge in [-0.25, -0.2) is 4.79 Å². The van der Waals surface area contributed by atoms with Crippen molar-refractivity contribution < 1.29 is 18.8 Å². The van der Waals surface area contributed by atoms with Gasteiger partial charge in [0.2, 0.25) is 0 Å². The molecule has 1 spiro atoms. The first-order valence-corrected chi connectivity index (χ1v) is 10.7. The topological polar surface area (TPSA) is 51.2 Å². The lowest BCUT2D eigenvalue weighted by atomic mass is 9.67. The highest BCUT2D eigenvalue weighted by Gasteiger charge is 2.54. The number of carbonyl (C=O) groups excluding carboxylic acids is 1. The van der Waals surface area contributed by atoms with Crippen molar-refractivity contribution in [2.45, 2.75) is 88.8 Å². The maximum Gasteiger partial charge on any atom is 0.461 e. The first kappa shape index (κ1) is 19.5. The summed E-state index contributed by atoms with van der Waals surface area (Å²) >= 11 is 0. The van der Waals surface area contributed by atoms with Gasteiger partial charge in [-0.2, -0.15) is 0 Å². The van der Waals surface area contributed by atoms with Gasteiger partial charge in [0.15, 0.2) is 0 Å². The van der Waals surface area contributed by atoms with E-state index in [0.717, 1.165) is 51.9 Å². The Bertz CT molecular complexity index is 552. The molecule has 4 aliphatic rings. The van der Waals surface area contributed by atoms with Crippen LogP contribution in [0, 0.1) is 0 Å². The van der Waals surface area contributed by atoms with E-state index in [1.54, 1.807) is 0 Å². The van der Waals surface area contributed by atoms with Crippen molar-refractivity contribution in [1.29, 1.82) is 0 Å². The van der Waals surface area contributed by atoms with Gasteiger partial charge in [0, 0.05) is 19.6 Å². The van der Waals surface area contributed by atoms with Gasteiger partial charge >= 0.3 is 13.1 Å². The number of rotatable bonds is 1. The monoisotopic (exact) mass is 378 g/mol. The molecule has 0 aromatic heterocycles. The van der Waals surface area contributed by atoms with Crippen LogP contribution in [-0.4, -0.2) is 72.5 Å². The molecule has 2 amide bonds. The number of likely N-dealkylation sites (tertiary alicyclic amines) is 1. The standard InChI is InChI=1S/C20H35BN2O4/c1-18(2)19(3,4)27-21(26-18)16-7-11-22(12-8-16)17(24)23-13-14-25-20(15-23)9-5-6-10-20/h16H,5-15H2,1-4H3. The number of amides is 2. The van der Waals surface area contributed by atoms with Crippen LogP contribution in [0.2, 0.25) is 5.82 Å². The number of carbonyl (C=O) groups is 1. The van der Waals surface area contributed by atoms with Crippen molar-refractivity contribution in [1.82, 2.24) is 9.80 Å². The number of hydrogen-bond donors (Lipinski definition) is 0. The average molecular weight is 378 g/mol. The lowest BCUT2D eigenvalue weighted by molar-refractivity contribution is -0.0954. The fourth-order valence-electron chi connectivity index (χ4n) is 4.97. The van der Waals surface area contributed by atoms with E-state index in [4.69, 9.17) is 14.0 Å². The molecule has 3 aliphatic heterocycles. The molecule has 0 aromatic rings. The predicted molar refractivity (Wildman–Crippen MR) is 105 cm³/mol. The number of piperidine rings is 1. The minimum Gasteiger partial charge on any atom is -0.403 e. The summed E-state index contributed by atoms with van der Waals surface area (Å²) < 4.78 is 18.5. The van der Waals surface area contributed by atoms with Crippen LogP contribution >= 0.6 is 0 Å². The molecular formula is C20H35BN2O4. The zero-order valence-electron chi connectivity index (χ0n) is 17.5. The summed E-state index contributed by atoms with van der Waals surface area (Å²) in [5.74, 6) is 0.362. The number of urea groups is 1. The predicted octanol–water partition coefficient (Wildman–Crippen LogP) is 3.31. The molecule has 0 aromatic carbocycles. The third kappa shape index (κ3) is 3.63. The van der Waals surface area contributed by atoms with Crippen LogP contribution in [0.3, 0.4) is 0 Å². The first-order chi connectivity index (χ1) is 12.7. The van der Waals surface area contributed by atoms with Gasteiger partial charge in [0.25, 0.3) is 0 Å². The largest absolute Gasteiger partial charge is 0.461 e. The summed E-state index contributed by atoms with van der Waals surface area (Å²) in [4.78, 5) is 17.1. The molecule has 3 heterocycles. The second-order valence-electron chi connectivity index (χ2n) is 9.89. The Morgan fingerprint density at radius 1 is 0.926 bits per heavy atom. The number of morpholine rings is 1. The quantitative estimate of drug-likeness (QED) is 0.657. The van der Waals surface area contributed by atoms with Crippen molar-refractivity contribution >= 4 is 13.1 Å². The van der Waals surface area contributed by atoms with E-state index in [0.29, 0.717) is 12.4 Å². The molecule has 152 valence electrons. The second kappa shape index (κ2) is 6.92. The molecule has 27 heavy (non-hydrogen) atoms. The van der Waals surface area contributed by atoms with E-state index in [2.05, 4.69) is 27.7 Å². The van der Waals surface area contributed by atoms with Crippen molar-refractivity contribution in [3.05, 3.63) is 0 Å². The number of nitrogens with zero attached hydrogens (tertiary/aromatic N) is 2. The molecule has 1 saturated carbocycles. The molecule has 4 fully saturated rings. The van der Waals surface area contributed by atoms with Gasteiger partial charge in [0.05, 0.1) is 30.0 Å². The summed E-state index contributed by atoms with van der Waals surface area (Å²) in [6, 6.07) is 0.192. The van der Waals surface area contributed by atoms with Gasteiger partial charge in [-0.1, -0.05) is 12.8 Å². The maximum atomic E-state index is 13.1. The van der Waals surface area contributed by atoms with Crippen LogP contribution in [0.15, 0.2) is 0 Å². The number of ether oxygens (including phenoxy) is 1. The summed E-state index contributed by atoms with van der Waals surface area (Å²) in [5.41, 5.74) is -0.628. The van der Waals surface area contributed by atoms with Crippen molar-refractivity contribution in [2.75, 3.05) is 32.8 Å². The van der Waals surface area contributed by atoms with Crippen molar-refractivity contribution in [3.63, 3.8) is 0 Å². The van der Waals surface area contributed by atoms with E-state index in [1.165, 1.54) is 12.8 Å². The molecule has 0 N–H and O–H groups in total. The van der Waals surface area contributed by atoms with E-state index in [-0.39, 0.29) is 30.0 Å². The van der Waals surface area contributed by atoms with Crippen LogP contribution in [0.1, 0.15) is 66.2 Å². The van der Waals surface area contributed by atoms with Gasteiger partial charge in [-0.3, -0.25) is 0 Å². The summed E-state index contributed by atoms with van der Waals surface area (Å²) in [6.07, 6.45) is 6.53. The summed E-state index contributed by atoms with van der Waals surface area (Å²) in [5, 5.41) is 0. The number of hydrogen-bond acceptors (Lipinski definition) is 4. The lowest BCUT2D eigenvalue weighted by Crippen LogP contribution is -2.56. The smallest absolute Gasteiger partial charge is 0.403 e. The Labute approximate surface area is 164 Å². The van der Waals surface area contributed by atoms with Gasteiger partial charge < -0.3 is 23.8 Å². The highest BCUT2D eigenvalue weighted by atomic mass is 16.7. The highest BCUT2D eigenvalue weighted by Crippen LogP contribution is 2.43. The second-order valence-corrected chi connectivity index (χ2v) is 9.89. The van der Waals surface area contributed by atoms with E-state index in [1.807, 2.05) is 9.80 Å². The van der Waals surface area contributed by atoms with Crippen molar-refractivity contribution in [3.8, 4) is 0 Å². The first-order valence-electron chi connectivity index (χ1n) is 10.7. The molecule has 7 heteroatoms. The molecule has 0 unspecified atom stereocenters. The normalized spacial score (nSPS) is 30.3. The Balaban J connectivity index is 1.31. The molecule has 0 radical (unpaired) electrons. The zero-order chi connectivity index (χ0) is 19.3. The third-order valence-corrected chi connectivity index (χ3v) is 7.50. The SMILES string of the molecule is CC1(C)OB(C2CCN(C(=O)N3CCOC4(CCCC4)C3)CC2)OC1(C)C. The Morgan fingerprint density at radius 3 is 2.11 bits per heavy atom. The van der Waals surface area contributed by atoms with Crippen molar-refractivity contribution in [2.24, 2.45) is 0 Å². The van der Waals surface area contributed by atoms with Crippen LogP contribution < -0.4 is 0 Å². The lowest BCUT2D eigenvalue weighted by Gasteiger charge is -2.43. The Kier molecular flexibility index (Phi) is 5.01. The van der Waals surface area contributed by atoms with Crippen LogP contribution in [0.25, 0.3) is 0 Å². The maximum absolute atomic E-state index is 13.1.